The molecule has 30 heavy (non-hydrogen) atoms. The van der Waals surface area contributed by atoms with E-state index in [1.54, 1.807) is 0 Å². The van der Waals surface area contributed by atoms with Crippen LogP contribution in [0.5, 0.6) is 0 Å². The molecule has 0 N–H and O–H groups in total. The fourth-order valence-electron chi connectivity index (χ4n) is 3.67. The number of amides is 1. The standard InChI is InChI=1S/C23H27N5O2/c1-3-26(4-2)19-12-10-18(11-13-19)24-21-22(27-14-16-30-17-15-27)25-28(23(21)29)20-8-6-5-7-9-20/h5-13H,3-4,14-17H2,1-2H3. The van der Waals surface area contributed by atoms with E-state index in [2.05, 4.69) is 28.7 Å². The lowest BCUT2D eigenvalue weighted by Gasteiger charge is -2.27. The smallest absolute Gasteiger partial charge is 0.301 e. The number of hydrogen-bond donors (Lipinski definition) is 0. The maximum Gasteiger partial charge on any atom is 0.301 e. The highest BCUT2D eigenvalue weighted by molar-refractivity contribution is 6.71. The summed E-state index contributed by atoms with van der Waals surface area (Å²) in [5, 5.41) is 6.08. The zero-order chi connectivity index (χ0) is 20.9. The zero-order valence-corrected chi connectivity index (χ0v) is 17.5. The Bertz CT molecular complexity index is 930. The maximum absolute atomic E-state index is 13.2. The number of benzene rings is 2. The molecule has 1 fully saturated rings. The summed E-state index contributed by atoms with van der Waals surface area (Å²) >= 11 is 0. The zero-order valence-electron chi connectivity index (χ0n) is 17.5. The van der Waals surface area contributed by atoms with Crippen molar-refractivity contribution in [3.8, 4) is 0 Å². The number of para-hydroxylation sites is 1. The fourth-order valence-corrected chi connectivity index (χ4v) is 3.67. The largest absolute Gasteiger partial charge is 0.378 e. The van der Waals surface area contributed by atoms with Gasteiger partial charge in [0.05, 0.1) is 24.6 Å². The van der Waals surface area contributed by atoms with Crippen LogP contribution in [0, 0.1) is 0 Å². The summed E-state index contributed by atoms with van der Waals surface area (Å²) in [6, 6.07) is 17.5. The monoisotopic (exact) mass is 405 g/mol. The fraction of sp³-hybridized carbons (Fsp3) is 0.348. The van der Waals surface area contributed by atoms with Crippen molar-refractivity contribution in [2.24, 2.45) is 10.1 Å². The summed E-state index contributed by atoms with van der Waals surface area (Å²) in [5.74, 6) is 0.399. The van der Waals surface area contributed by atoms with Crippen LogP contribution in [-0.2, 0) is 9.53 Å². The van der Waals surface area contributed by atoms with E-state index < -0.39 is 0 Å². The second-order valence-electron chi connectivity index (χ2n) is 7.12. The molecule has 0 unspecified atom stereocenters. The van der Waals surface area contributed by atoms with Crippen LogP contribution >= 0.6 is 0 Å². The minimum absolute atomic E-state index is 0.212. The van der Waals surface area contributed by atoms with Gasteiger partial charge in [0.25, 0.3) is 0 Å². The van der Waals surface area contributed by atoms with Crippen LogP contribution in [0.25, 0.3) is 0 Å². The van der Waals surface area contributed by atoms with Crippen LogP contribution in [0.15, 0.2) is 64.7 Å². The van der Waals surface area contributed by atoms with E-state index in [4.69, 9.17) is 9.73 Å². The molecule has 1 saturated heterocycles. The van der Waals surface area contributed by atoms with Gasteiger partial charge in [-0.05, 0) is 50.2 Å². The second-order valence-corrected chi connectivity index (χ2v) is 7.12. The molecular weight excluding hydrogens is 378 g/mol. The number of hydrogen-bond acceptors (Lipinski definition) is 6. The van der Waals surface area contributed by atoms with Crippen molar-refractivity contribution >= 4 is 34.5 Å². The van der Waals surface area contributed by atoms with Crippen molar-refractivity contribution in [2.75, 3.05) is 49.3 Å². The van der Waals surface area contributed by atoms with Crippen molar-refractivity contribution < 1.29 is 9.53 Å². The van der Waals surface area contributed by atoms with Crippen LogP contribution in [0.4, 0.5) is 17.1 Å². The Hall–Kier alpha value is -3.19. The van der Waals surface area contributed by atoms with Gasteiger partial charge in [-0.1, -0.05) is 18.2 Å². The summed E-state index contributed by atoms with van der Waals surface area (Å²) in [5.41, 5.74) is 2.99. The summed E-state index contributed by atoms with van der Waals surface area (Å²) in [6.45, 7) is 8.78. The molecule has 7 nitrogen and oxygen atoms in total. The van der Waals surface area contributed by atoms with Crippen molar-refractivity contribution in [1.82, 2.24) is 4.90 Å². The molecule has 2 aliphatic rings. The Balaban J connectivity index is 1.67. The van der Waals surface area contributed by atoms with E-state index in [1.807, 2.05) is 54.6 Å². The molecule has 7 heteroatoms. The third kappa shape index (κ3) is 4.07. The predicted octanol–water partition coefficient (Wildman–Crippen LogP) is 3.30. The average Bonchev–Trinajstić information content (AvgIpc) is 3.13. The van der Waals surface area contributed by atoms with Gasteiger partial charge in [0.15, 0.2) is 11.5 Å². The van der Waals surface area contributed by atoms with Crippen LogP contribution in [-0.4, -0.2) is 61.7 Å². The average molecular weight is 406 g/mol. The first-order chi connectivity index (χ1) is 14.7. The van der Waals surface area contributed by atoms with Gasteiger partial charge in [0, 0.05) is 31.9 Å². The number of rotatable bonds is 5. The topological polar surface area (TPSA) is 60.7 Å². The lowest BCUT2D eigenvalue weighted by Crippen LogP contribution is -2.44. The van der Waals surface area contributed by atoms with Crippen LogP contribution in [0.3, 0.4) is 0 Å². The highest BCUT2D eigenvalue weighted by Gasteiger charge is 2.36. The van der Waals surface area contributed by atoms with Gasteiger partial charge in [0.2, 0.25) is 0 Å². The molecule has 0 aromatic heterocycles. The SMILES string of the molecule is CCN(CC)c1ccc(N=C2C(=O)N(c3ccccc3)N=C2N2CCOCC2)cc1. The maximum atomic E-state index is 13.2. The lowest BCUT2D eigenvalue weighted by atomic mass is 10.2. The van der Waals surface area contributed by atoms with Gasteiger partial charge in [-0.25, -0.2) is 4.99 Å². The van der Waals surface area contributed by atoms with Gasteiger partial charge in [-0.3, -0.25) is 4.79 Å². The second kappa shape index (κ2) is 9.09. The van der Waals surface area contributed by atoms with Crippen LogP contribution in [0.1, 0.15) is 13.8 Å². The minimum atomic E-state index is -0.212. The first kappa shape index (κ1) is 20.1. The highest BCUT2D eigenvalue weighted by atomic mass is 16.5. The molecule has 1 amide bonds. The van der Waals surface area contributed by atoms with E-state index in [0.717, 1.165) is 30.2 Å². The number of carbonyl (C=O) groups excluding carboxylic acids is 1. The van der Waals surface area contributed by atoms with Crippen molar-refractivity contribution in [3.05, 3.63) is 54.6 Å². The first-order valence-corrected chi connectivity index (χ1v) is 10.5. The Kier molecular flexibility index (Phi) is 6.09. The number of hydrazone groups is 1. The Morgan fingerprint density at radius 2 is 1.67 bits per heavy atom. The summed E-state index contributed by atoms with van der Waals surface area (Å²) in [7, 11) is 0. The quantitative estimate of drug-likeness (QED) is 0.766. The molecule has 2 aliphatic heterocycles. The molecule has 0 bridgehead atoms. The molecule has 2 aromatic carbocycles. The number of amidine groups is 1. The molecule has 0 saturated carbocycles. The Morgan fingerprint density at radius 3 is 2.30 bits per heavy atom. The number of nitrogens with zero attached hydrogens (tertiary/aromatic N) is 5. The number of aliphatic imine (C=N–C) groups is 1. The van der Waals surface area contributed by atoms with E-state index in [0.29, 0.717) is 37.9 Å². The number of ether oxygens (including phenoxy) is 1. The number of carbonyl (C=O) groups is 1. The van der Waals surface area contributed by atoms with Gasteiger partial charge >= 0.3 is 5.91 Å². The first-order valence-electron chi connectivity index (χ1n) is 10.5. The van der Waals surface area contributed by atoms with E-state index in [9.17, 15) is 4.79 Å². The van der Waals surface area contributed by atoms with Crippen LogP contribution in [0.2, 0.25) is 0 Å². The molecule has 0 spiro atoms. The van der Waals surface area contributed by atoms with E-state index in [1.165, 1.54) is 5.01 Å². The van der Waals surface area contributed by atoms with E-state index >= 15 is 0 Å². The Morgan fingerprint density at radius 1 is 1.00 bits per heavy atom. The number of anilines is 2. The molecule has 0 aliphatic carbocycles. The highest BCUT2D eigenvalue weighted by Crippen LogP contribution is 2.24. The third-order valence-corrected chi connectivity index (χ3v) is 5.33. The van der Waals surface area contributed by atoms with Crippen molar-refractivity contribution in [3.63, 3.8) is 0 Å². The summed E-state index contributed by atoms with van der Waals surface area (Å²) in [4.78, 5) is 22.3. The normalized spacial score (nSPS) is 18.1. The molecule has 4 rings (SSSR count). The molecular formula is C23H27N5O2. The molecule has 156 valence electrons. The van der Waals surface area contributed by atoms with Gasteiger partial charge < -0.3 is 14.5 Å². The summed E-state index contributed by atoms with van der Waals surface area (Å²) < 4.78 is 5.47. The predicted molar refractivity (Wildman–Crippen MR) is 121 cm³/mol. The minimum Gasteiger partial charge on any atom is -0.378 e. The third-order valence-electron chi connectivity index (χ3n) is 5.33. The number of morpholine rings is 1. The molecule has 2 heterocycles. The lowest BCUT2D eigenvalue weighted by molar-refractivity contribution is -0.112. The van der Waals surface area contributed by atoms with Crippen LogP contribution < -0.4 is 9.91 Å². The van der Waals surface area contributed by atoms with Crippen molar-refractivity contribution in [1.29, 1.82) is 0 Å². The van der Waals surface area contributed by atoms with Crippen molar-refractivity contribution in [2.45, 2.75) is 13.8 Å². The Labute approximate surface area is 177 Å². The van der Waals surface area contributed by atoms with Gasteiger partial charge in [-0.2, -0.15) is 5.01 Å². The molecule has 0 radical (unpaired) electrons. The van der Waals surface area contributed by atoms with Gasteiger partial charge in [0.1, 0.15) is 0 Å². The molecule has 0 atom stereocenters. The molecule has 2 aromatic rings. The summed E-state index contributed by atoms with van der Waals surface area (Å²) in [6.07, 6.45) is 0. The van der Waals surface area contributed by atoms with E-state index in [-0.39, 0.29) is 5.91 Å². The van der Waals surface area contributed by atoms with Gasteiger partial charge in [-0.15, -0.1) is 5.10 Å².